The normalized spacial score (nSPS) is 19.4. The van der Waals surface area contributed by atoms with E-state index in [9.17, 15) is 14.0 Å². The van der Waals surface area contributed by atoms with E-state index in [1.807, 2.05) is 15.9 Å². The molecule has 1 unspecified atom stereocenters. The number of nitrogens with one attached hydrogen (secondary N) is 1. The van der Waals surface area contributed by atoms with Gasteiger partial charge in [-0.2, -0.15) is 0 Å². The number of anilines is 1. The maximum atomic E-state index is 14.5. The molecule has 2 heterocycles. The van der Waals surface area contributed by atoms with Crippen LogP contribution in [-0.2, 0) is 6.54 Å². The van der Waals surface area contributed by atoms with Crippen molar-refractivity contribution in [2.75, 3.05) is 50.7 Å². The lowest BCUT2D eigenvalue weighted by atomic mass is 9.97. The van der Waals surface area contributed by atoms with Crippen LogP contribution in [0.15, 0.2) is 48.5 Å². The number of halogens is 1. The van der Waals surface area contributed by atoms with E-state index in [-0.39, 0.29) is 11.8 Å². The molecule has 2 aromatic carbocycles. The molecule has 2 aromatic rings. The maximum Gasteiger partial charge on any atom is 0.317 e. The van der Waals surface area contributed by atoms with Crippen LogP contribution in [-0.4, -0.2) is 67.4 Å². The predicted octanol–water partition coefficient (Wildman–Crippen LogP) is 3.77. The quantitative estimate of drug-likeness (QED) is 0.678. The van der Waals surface area contributed by atoms with Gasteiger partial charge in [-0.1, -0.05) is 30.3 Å². The molecule has 2 amide bonds. The number of piperidine rings is 1. The Labute approximate surface area is 195 Å². The number of ketones is 1. The molecule has 6 nitrogen and oxygen atoms in total. The fourth-order valence-electron chi connectivity index (χ4n) is 4.78. The average Bonchev–Trinajstić information content (AvgIpc) is 2.83. The number of benzene rings is 2. The highest BCUT2D eigenvalue weighted by atomic mass is 19.1. The van der Waals surface area contributed by atoms with Crippen molar-refractivity contribution in [2.24, 2.45) is 5.92 Å². The molecule has 7 heteroatoms. The Morgan fingerprint density at radius 1 is 1.03 bits per heavy atom. The predicted molar refractivity (Wildman–Crippen MR) is 128 cm³/mol. The highest BCUT2D eigenvalue weighted by Crippen LogP contribution is 2.23. The molecular formula is C26H33FN4O2. The van der Waals surface area contributed by atoms with Crippen LogP contribution in [0.5, 0.6) is 0 Å². The van der Waals surface area contributed by atoms with E-state index < -0.39 is 5.82 Å². The Morgan fingerprint density at radius 2 is 1.79 bits per heavy atom. The number of urea groups is 1. The second kappa shape index (κ2) is 10.8. The highest BCUT2D eigenvalue weighted by molar-refractivity contribution is 5.94. The Kier molecular flexibility index (Phi) is 7.60. The van der Waals surface area contributed by atoms with Crippen molar-refractivity contribution in [3.63, 3.8) is 0 Å². The number of carbonyl (C=O) groups excluding carboxylic acids is 2. The third-order valence-corrected chi connectivity index (χ3v) is 6.66. The minimum absolute atomic E-state index is 0.0396. The summed E-state index contributed by atoms with van der Waals surface area (Å²) < 4.78 is 14.5. The van der Waals surface area contributed by atoms with Crippen LogP contribution >= 0.6 is 0 Å². The van der Waals surface area contributed by atoms with Crippen molar-refractivity contribution in [3.8, 4) is 0 Å². The number of hydrogen-bond acceptors (Lipinski definition) is 4. The van der Waals surface area contributed by atoms with Crippen LogP contribution in [0.2, 0.25) is 0 Å². The highest BCUT2D eigenvalue weighted by Gasteiger charge is 2.25. The average molecular weight is 453 g/mol. The maximum absolute atomic E-state index is 14.5. The summed E-state index contributed by atoms with van der Waals surface area (Å²) in [5.74, 6) is -0.0809. The molecule has 1 atom stereocenters. The second-order valence-corrected chi connectivity index (χ2v) is 9.11. The van der Waals surface area contributed by atoms with Crippen LogP contribution in [0.3, 0.4) is 0 Å². The van der Waals surface area contributed by atoms with Gasteiger partial charge >= 0.3 is 6.03 Å². The van der Waals surface area contributed by atoms with Gasteiger partial charge in [0.05, 0.1) is 5.69 Å². The molecule has 1 N–H and O–H groups in total. The molecule has 0 radical (unpaired) electrons. The van der Waals surface area contributed by atoms with Crippen LogP contribution < -0.4 is 10.2 Å². The molecule has 2 aliphatic rings. The summed E-state index contributed by atoms with van der Waals surface area (Å²) in [6.07, 6.45) is 2.29. The molecule has 2 fully saturated rings. The van der Waals surface area contributed by atoms with E-state index in [1.165, 1.54) is 18.6 Å². The van der Waals surface area contributed by atoms with Crippen LogP contribution in [0.4, 0.5) is 14.9 Å². The van der Waals surface area contributed by atoms with Gasteiger partial charge in [-0.15, -0.1) is 0 Å². The van der Waals surface area contributed by atoms with Crippen molar-refractivity contribution in [1.82, 2.24) is 15.1 Å². The molecule has 33 heavy (non-hydrogen) atoms. The van der Waals surface area contributed by atoms with Gasteiger partial charge in [0.15, 0.2) is 5.78 Å². The zero-order chi connectivity index (χ0) is 23.2. The van der Waals surface area contributed by atoms with Crippen LogP contribution in [0, 0.1) is 11.7 Å². The van der Waals surface area contributed by atoms with E-state index in [1.54, 1.807) is 12.1 Å². The molecule has 4 rings (SSSR count). The lowest BCUT2D eigenvalue weighted by Crippen LogP contribution is -2.53. The van der Waals surface area contributed by atoms with Gasteiger partial charge in [0.2, 0.25) is 0 Å². The molecular weight excluding hydrogens is 419 g/mol. The molecule has 2 saturated heterocycles. The molecule has 0 aliphatic carbocycles. The van der Waals surface area contributed by atoms with E-state index in [0.29, 0.717) is 49.9 Å². The zero-order valence-electron chi connectivity index (χ0n) is 19.3. The number of likely N-dealkylation sites (tertiary alicyclic amines) is 1. The van der Waals surface area contributed by atoms with Gasteiger partial charge in [0.1, 0.15) is 5.82 Å². The summed E-state index contributed by atoms with van der Waals surface area (Å²) in [6.45, 7) is 7.40. The molecule has 0 saturated carbocycles. The van der Waals surface area contributed by atoms with Crippen molar-refractivity contribution in [3.05, 3.63) is 65.5 Å². The Balaban J connectivity index is 1.22. The summed E-state index contributed by atoms with van der Waals surface area (Å²) in [5.41, 5.74) is 2.19. The van der Waals surface area contributed by atoms with Gasteiger partial charge in [-0.05, 0) is 56.0 Å². The Hall–Kier alpha value is -2.93. The summed E-state index contributed by atoms with van der Waals surface area (Å²) in [5, 5.41) is 3.12. The molecule has 2 aliphatic heterocycles. The molecule has 0 aromatic heterocycles. The first-order chi connectivity index (χ1) is 16.0. The number of piperazine rings is 1. The monoisotopic (exact) mass is 452 g/mol. The summed E-state index contributed by atoms with van der Waals surface area (Å²) >= 11 is 0. The van der Waals surface area contributed by atoms with Gasteiger partial charge < -0.3 is 15.1 Å². The first-order valence-corrected chi connectivity index (χ1v) is 11.8. The van der Waals surface area contributed by atoms with E-state index >= 15 is 0 Å². The number of carbonyl (C=O) groups is 2. The minimum atomic E-state index is -0.391. The van der Waals surface area contributed by atoms with E-state index in [2.05, 4.69) is 34.5 Å². The number of nitrogens with zero attached hydrogens (tertiary/aromatic N) is 3. The Bertz CT molecular complexity index is 960. The van der Waals surface area contributed by atoms with Crippen molar-refractivity contribution < 1.29 is 14.0 Å². The van der Waals surface area contributed by atoms with Gasteiger partial charge in [0, 0.05) is 51.4 Å². The fraction of sp³-hybridized carbons (Fsp3) is 0.462. The standard InChI is InChI=1S/C26H33FN4O2/c1-20(32)23-9-10-25(24(27)16-23)30-12-14-31(15-13-30)26(33)28-17-22-8-5-11-29(19-22)18-21-6-3-2-4-7-21/h2-4,6-7,9-10,16,22H,5,8,11-15,17-19H2,1H3,(H,28,33). The molecule has 176 valence electrons. The first kappa shape index (κ1) is 23.2. The summed E-state index contributed by atoms with van der Waals surface area (Å²) in [7, 11) is 0. The van der Waals surface area contributed by atoms with Gasteiger partial charge in [-0.25, -0.2) is 9.18 Å². The number of amides is 2. The number of hydrogen-bond donors (Lipinski definition) is 1. The lowest BCUT2D eigenvalue weighted by Gasteiger charge is -2.37. The minimum Gasteiger partial charge on any atom is -0.366 e. The largest absolute Gasteiger partial charge is 0.366 e. The van der Waals surface area contributed by atoms with E-state index in [0.717, 1.165) is 32.5 Å². The number of rotatable bonds is 6. The van der Waals surface area contributed by atoms with Gasteiger partial charge in [-0.3, -0.25) is 9.69 Å². The summed E-state index contributed by atoms with van der Waals surface area (Å²) in [6, 6.07) is 15.1. The van der Waals surface area contributed by atoms with Crippen molar-refractivity contribution in [1.29, 1.82) is 0 Å². The smallest absolute Gasteiger partial charge is 0.317 e. The third-order valence-electron chi connectivity index (χ3n) is 6.66. The summed E-state index contributed by atoms with van der Waals surface area (Å²) in [4.78, 5) is 30.4. The number of Topliss-reactive ketones (excluding diaryl/α,β-unsaturated/α-hetero) is 1. The second-order valence-electron chi connectivity index (χ2n) is 9.11. The Morgan fingerprint density at radius 3 is 2.48 bits per heavy atom. The van der Waals surface area contributed by atoms with Crippen molar-refractivity contribution >= 4 is 17.5 Å². The topological polar surface area (TPSA) is 55.9 Å². The van der Waals surface area contributed by atoms with Crippen LogP contribution in [0.1, 0.15) is 35.7 Å². The fourth-order valence-corrected chi connectivity index (χ4v) is 4.78. The van der Waals surface area contributed by atoms with Crippen LogP contribution in [0.25, 0.3) is 0 Å². The SMILES string of the molecule is CC(=O)c1ccc(N2CCN(C(=O)NCC3CCCN(Cc4ccccc4)C3)CC2)c(F)c1. The lowest BCUT2D eigenvalue weighted by molar-refractivity contribution is 0.101. The molecule has 0 bridgehead atoms. The van der Waals surface area contributed by atoms with E-state index in [4.69, 9.17) is 0 Å². The van der Waals surface area contributed by atoms with Gasteiger partial charge in [0.25, 0.3) is 0 Å². The molecule has 0 spiro atoms. The first-order valence-electron chi connectivity index (χ1n) is 11.8. The van der Waals surface area contributed by atoms with Crippen molar-refractivity contribution in [2.45, 2.75) is 26.3 Å². The third kappa shape index (κ3) is 6.11. The zero-order valence-corrected chi connectivity index (χ0v) is 19.3.